The Hall–Kier alpha value is -1.65. The molecule has 1 aromatic heterocycles. The van der Waals surface area contributed by atoms with E-state index in [-0.39, 0.29) is 17.3 Å². The molecule has 1 aromatic rings. The number of carbonyl (C=O) groups is 1. The Kier molecular flexibility index (Phi) is 4.80. The van der Waals surface area contributed by atoms with E-state index in [9.17, 15) is 4.79 Å². The first-order chi connectivity index (χ1) is 9.91. The molecule has 5 heteroatoms. The Bertz CT molecular complexity index is 471. The Balaban J connectivity index is 1.95. The van der Waals surface area contributed by atoms with E-state index < -0.39 is 0 Å². The molecule has 1 fully saturated rings. The molecule has 0 saturated carbocycles. The molecule has 21 heavy (non-hydrogen) atoms. The van der Waals surface area contributed by atoms with Crippen molar-refractivity contribution >= 4 is 11.9 Å². The number of hydrogen-bond acceptors (Lipinski definition) is 5. The Morgan fingerprint density at radius 1 is 1.29 bits per heavy atom. The van der Waals surface area contributed by atoms with Crippen LogP contribution in [-0.4, -0.2) is 35.6 Å². The van der Waals surface area contributed by atoms with Crippen LogP contribution >= 0.6 is 0 Å². The van der Waals surface area contributed by atoms with Crippen molar-refractivity contribution in [1.29, 1.82) is 0 Å². The molecule has 1 aliphatic heterocycles. The average Bonchev–Trinajstić information content (AvgIpc) is 2.47. The number of carbonyl (C=O) groups excluding carboxylic acids is 1. The molecule has 116 valence electrons. The number of esters is 1. The molecule has 0 aromatic carbocycles. The van der Waals surface area contributed by atoms with Crippen LogP contribution in [-0.2, 0) is 14.9 Å². The lowest BCUT2D eigenvalue weighted by Gasteiger charge is -2.31. The minimum atomic E-state index is -0.0684. The molecule has 0 spiro atoms. The first-order valence-corrected chi connectivity index (χ1v) is 7.66. The van der Waals surface area contributed by atoms with Gasteiger partial charge in [0, 0.05) is 25.5 Å². The van der Waals surface area contributed by atoms with Crippen LogP contribution in [0.25, 0.3) is 0 Å². The van der Waals surface area contributed by atoms with Crippen molar-refractivity contribution < 1.29 is 9.53 Å². The molecule has 0 unspecified atom stereocenters. The summed E-state index contributed by atoms with van der Waals surface area (Å²) in [4.78, 5) is 22.8. The van der Waals surface area contributed by atoms with Crippen LogP contribution in [0.4, 0.5) is 5.95 Å². The van der Waals surface area contributed by atoms with Gasteiger partial charge in [0.15, 0.2) is 0 Å². The summed E-state index contributed by atoms with van der Waals surface area (Å²) in [5.74, 6) is 0.710. The van der Waals surface area contributed by atoms with Crippen molar-refractivity contribution in [1.82, 2.24) is 9.97 Å². The molecule has 0 N–H and O–H groups in total. The second-order valence-electron chi connectivity index (χ2n) is 6.54. The third-order valence-corrected chi connectivity index (χ3v) is 3.90. The fourth-order valence-electron chi connectivity index (χ4n) is 2.45. The van der Waals surface area contributed by atoms with Crippen LogP contribution in [0.15, 0.2) is 12.4 Å². The van der Waals surface area contributed by atoms with Gasteiger partial charge in [-0.3, -0.25) is 4.79 Å². The molecule has 2 heterocycles. The van der Waals surface area contributed by atoms with Crippen molar-refractivity contribution in [2.45, 2.75) is 46.0 Å². The van der Waals surface area contributed by atoms with Gasteiger partial charge in [-0.15, -0.1) is 0 Å². The van der Waals surface area contributed by atoms with Gasteiger partial charge in [-0.25, -0.2) is 9.97 Å². The number of anilines is 1. The second-order valence-corrected chi connectivity index (χ2v) is 6.54. The normalized spacial score (nSPS) is 16.9. The molecule has 0 atom stereocenters. The highest BCUT2D eigenvalue weighted by atomic mass is 16.5. The summed E-state index contributed by atoms with van der Waals surface area (Å²) in [7, 11) is 0. The smallest absolute Gasteiger partial charge is 0.309 e. The molecule has 1 saturated heterocycles. The summed E-state index contributed by atoms with van der Waals surface area (Å²) in [5, 5.41) is 0. The van der Waals surface area contributed by atoms with Gasteiger partial charge in [0.1, 0.15) is 0 Å². The molecule has 0 radical (unpaired) electrons. The lowest BCUT2D eigenvalue weighted by Crippen LogP contribution is -2.38. The van der Waals surface area contributed by atoms with Crippen molar-refractivity contribution in [2.75, 3.05) is 24.6 Å². The van der Waals surface area contributed by atoms with Gasteiger partial charge in [0.05, 0.1) is 12.5 Å². The minimum absolute atomic E-state index is 0.0232. The maximum atomic E-state index is 11.7. The number of piperidine rings is 1. The molecule has 2 rings (SSSR count). The van der Waals surface area contributed by atoms with Crippen molar-refractivity contribution in [3.63, 3.8) is 0 Å². The fourth-order valence-corrected chi connectivity index (χ4v) is 2.45. The standard InChI is InChI=1S/C16H25N3O2/c1-5-21-14(20)12-6-8-19(9-7-12)15-17-10-13(11-18-15)16(2,3)4/h10-12H,5-9H2,1-4H3. The van der Waals surface area contributed by atoms with Crippen molar-refractivity contribution in [3.05, 3.63) is 18.0 Å². The van der Waals surface area contributed by atoms with E-state index in [1.807, 2.05) is 19.3 Å². The summed E-state index contributed by atoms with van der Waals surface area (Å²) in [6.45, 7) is 10.4. The number of rotatable bonds is 3. The van der Waals surface area contributed by atoms with Gasteiger partial charge in [-0.05, 0) is 30.7 Å². The zero-order valence-electron chi connectivity index (χ0n) is 13.4. The van der Waals surface area contributed by atoms with E-state index in [0.717, 1.165) is 37.4 Å². The summed E-state index contributed by atoms with van der Waals surface area (Å²) < 4.78 is 5.09. The monoisotopic (exact) mass is 291 g/mol. The Morgan fingerprint density at radius 3 is 2.33 bits per heavy atom. The largest absolute Gasteiger partial charge is 0.466 e. The molecule has 0 bridgehead atoms. The third kappa shape index (κ3) is 3.93. The lowest BCUT2D eigenvalue weighted by atomic mass is 9.89. The quantitative estimate of drug-likeness (QED) is 0.801. The number of hydrogen-bond donors (Lipinski definition) is 0. The van der Waals surface area contributed by atoms with Crippen LogP contribution in [0.5, 0.6) is 0 Å². The van der Waals surface area contributed by atoms with Gasteiger partial charge < -0.3 is 9.64 Å². The van der Waals surface area contributed by atoms with Gasteiger partial charge in [-0.2, -0.15) is 0 Å². The summed E-state index contributed by atoms with van der Waals surface area (Å²) in [6, 6.07) is 0. The van der Waals surface area contributed by atoms with E-state index >= 15 is 0 Å². The van der Waals surface area contributed by atoms with Crippen LogP contribution in [0.1, 0.15) is 46.1 Å². The molecule has 0 aliphatic carbocycles. The van der Waals surface area contributed by atoms with Gasteiger partial charge in [0.2, 0.25) is 5.95 Å². The second kappa shape index (κ2) is 6.41. The summed E-state index contributed by atoms with van der Waals surface area (Å²) in [6.07, 6.45) is 5.42. The minimum Gasteiger partial charge on any atom is -0.466 e. The Labute approximate surface area is 126 Å². The van der Waals surface area contributed by atoms with Crippen LogP contribution in [0.3, 0.4) is 0 Å². The van der Waals surface area contributed by atoms with E-state index in [1.54, 1.807) is 0 Å². The predicted octanol–water partition coefficient (Wildman–Crippen LogP) is 2.55. The summed E-state index contributed by atoms with van der Waals surface area (Å²) in [5.41, 5.74) is 1.20. The molecule has 1 aliphatic rings. The Morgan fingerprint density at radius 2 is 1.86 bits per heavy atom. The number of nitrogens with zero attached hydrogens (tertiary/aromatic N) is 3. The highest BCUT2D eigenvalue weighted by Crippen LogP contribution is 2.24. The van der Waals surface area contributed by atoms with Crippen LogP contribution < -0.4 is 4.90 Å². The maximum Gasteiger partial charge on any atom is 0.309 e. The van der Waals surface area contributed by atoms with Gasteiger partial charge in [-0.1, -0.05) is 20.8 Å². The van der Waals surface area contributed by atoms with Crippen LogP contribution in [0.2, 0.25) is 0 Å². The SMILES string of the molecule is CCOC(=O)C1CCN(c2ncc(C(C)(C)C)cn2)CC1. The average molecular weight is 291 g/mol. The van der Waals surface area contributed by atoms with Crippen LogP contribution in [0, 0.1) is 5.92 Å². The molecule has 0 amide bonds. The molecular weight excluding hydrogens is 266 g/mol. The number of ether oxygens (including phenoxy) is 1. The zero-order valence-corrected chi connectivity index (χ0v) is 13.4. The number of aromatic nitrogens is 2. The predicted molar refractivity (Wildman–Crippen MR) is 82.3 cm³/mol. The van der Waals surface area contributed by atoms with E-state index in [0.29, 0.717) is 6.61 Å². The van der Waals surface area contributed by atoms with Crippen molar-refractivity contribution in [3.8, 4) is 0 Å². The first kappa shape index (κ1) is 15.7. The van der Waals surface area contributed by atoms with Crippen molar-refractivity contribution in [2.24, 2.45) is 5.92 Å². The van der Waals surface area contributed by atoms with E-state index in [4.69, 9.17) is 4.74 Å². The molecular formula is C16H25N3O2. The topological polar surface area (TPSA) is 55.3 Å². The first-order valence-electron chi connectivity index (χ1n) is 7.66. The van der Waals surface area contributed by atoms with Gasteiger partial charge >= 0.3 is 5.97 Å². The maximum absolute atomic E-state index is 11.7. The fraction of sp³-hybridized carbons (Fsp3) is 0.688. The van der Waals surface area contributed by atoms with E-state index in [1.165, 1.54) is 0 Å². The third-order valence-electron chi connectivity index (χ3n) is 3.90. The summed E-state index contributed by atoms with van der Waals surface area (Å²) >= 11 is 0. The molecule has 5 nitrogen and oxygen atoms in total. The highest BCUT2D eigenvalue weighted by molar-refractivity contribution is 5.72. The van der Waals surface area contributed by atoms with Gasteiger partial charge in [0.25, 0.3) is 0 Å². The lowest BCUT2D eigenvalue weighted by molar-refractivity contribution is -0.148. The van der Waals surface area contributed by atoms with E-state index in [2.05, 4.69) is 35.6 Å². The highest BCUT2D eigenvalue weighted by Gasteiger charge is 2.27. The zero-order chi connectivity index (χ0) is 15.5.